The van der Waals surface area contributed by atoms with E-state index in [1.54, 1.807) is 12.1 Å². The Morgan fingerprint density at radius 2 is 2.25 bits per heavy atom. The van der Waals surface area contributed by atoms with E-state index in [0.29, 0.717) is 9.21 Å². The number of nitrogens with two attached hydrogens (primary N) is 1. The van der Waals surface area contributed by atoms with Crippen LogP contribution in [0.25, 0.3) is 0 Å². The number of primary amides is 1. The van der Waals surface area contributed by atoms with Gasteiger partial charge in [0.2, 0.25) is 5.91 Å². The molecule has 1 atom stereocenters. The second-order valence-electron chi connectivity index (χ2n) is 2.77. The monoisotopic (exact) mass is 262 g/mol. The molecule has 0 fully saturated rings. The minimum atomic E-state index is -1.28. The Labute approximate surface area is 99.3 Å². The number of hydrogen-bond donors (Lipinski definition) is 1. The maximum atomic E-state index is 11.1. The number of hydrogen-bond acceptors (Lipinski definition) is 5. The SMILES string of the molecule is NC(=O)C(COC(=O)N=O)c1ccc(Cl)s1. The number of ether oxygens (including phenoxy) is 1. The average Bonchev–Trinajstić information content (AvgIpc) is 2.64. The molecule has 0 aromatic carbocycles. The smallest absolute Gasteiger partial charge is 0.445 e. The number of thiophene rings is 1. The molecule has 8 heteroatoms. The zero-order valence-electron chi connectivity index (χ0n) is 7.88. The first-order valence-corrected chi connectivity index (χ1v) is 5.28. The van der Waals surface area contributed by atoms with Crippen LogP contribution in [0.2, 0.25) is 4.34 Å². The van der Waals surface area contributed by atoms with E-state index < -0.39 is 17.9 Å². The first-order chi connectivity index (χ1) is 7.54. The van der Waals surface area contributed by atoms with Gasteiger partial charge in [0.15, 0.2) is 0 Å². The van der Waals surface area contributed by atoms with Crippen LogP contribution in [0.5, 0.6) is 0 Å². The minimum absolute atomic E-state index is 0.323. The van der Waals surface area contributed by atoms with Crippen molar-refractivity contribution in [1.82, 2.24) is 0 Å². The summed E-state index contributed by atoms with van der Waals surface area (Å²) in [6.07, 6.45) is -1.28. The lowest BCUT2D eigenvalue weighted by Gasteiger charge is -2.09. The van der Waals surface area contributed by atoms with Crippen molar-refractivity contribution in [2.24, 2.45) is 10.9 Å². The van der Waals surface area contributed by atoms with Crippen molar-refractivity contribution < 1.29 is 14.3 Å². The predicted molar refractivity (Wildman–Crippen MR) is 58.4 cm³/mol. The van der Waals surface area contributed by atoms with E-state index in [0.717, 1.165) is 11.3 Å². The van der Waals surface area contributed by atoms with Gasteiger partial charge in [-0.15, -0.1) is 16.2 Å². The Hall–Kier alpha value is -1.47. The Morgan fingerprint density at radius 3 is 2.69 bits per heavy atom. The molecule has 2 N–H and O–H groups in total. The molecule has 0 aliphatic heterocycles. The fraction of sp³-hybridized carbons (Fsp3) is 0.250. The zero-order chi connectivity index (χ0) is 12.1. The van der Waals surface area contributed by atoms with Crippen LogP contribution >= 0.6 is 22.9 Å². The third kappa shape index (κ3) is 3.28. The van der Waals surface area contributed by atoms with Crippen molar-refractivity contribution in [3.05, 3.63) is 26.3 Å². The highest BCUT2D eigenvalue weighted by Crippen LogP contribution is 2.28. The number of rotatable bonds is 4. The first-order valence-electron chi connectivity index (χ1n) is 4.09. The van der Waals surface area contributed by atoms with Crippen LogP contribution in [0.4, 0.5) is 4.79 Å². The molecule has 6 nitrogen and oxygen atoms in total. The van der Waals surface area contributed by atoms with Gasteiger partial charge in [0.05, 0.1) is 9.51 Å². The molecule has 1 aromatic heterocycles. The number of amides is 2. The van der Waals surface area contributed by atoms with Gasteiger partial charge < -0.3 is 10.5 Å². The fourth-order valence-corrected chi connectivity index (χ4v) is 2.16. The molecule has 1 rings (SSSR count). The van der Waals surface area contributed by atoms with Gasteiger partial charge in [0, 0.05) is 4.88 Å². The molecule has 0 aliphatic rings. The van der Waals surface area contributed by atoms with E-state index in [9.17, 15) is 14.5 Å². The molecule has 0 saturated carbocycles. The summed E-state index contributed by atoms with van der Waals surface area (Å²) in [6, 6.07) is 3.20. The van der Waals surface area contributed by atoms with Gasteiger partial charge in [-0.3, -0.25) is 4.79 Å². The van der Waals surface area contributed by atoms with E-state index in [4.69, 9.17) is 17.3 Å². The van der Waals surface area contributed by atoms with Crippen LogP contribution in [-0.2, 0) is 9.53 Å². The summed E-state index contributed by atoms with van der Waals surface area (Å²) in [4.78, 5) is 31.9. The summed E-state index contributed by atoms with van der Waals surface area (Å²) in [5, 5.41) is 2.03. The Balaban J connectivity index is 2.72. The molecule has 0 aliphatic carbocycles. The van der Waals surface area contributed by atoms with Crippen LogP contribution < -0.4 is 5.73 Å². The van der Waals surface area contributed by atoms with E-state index >= 15 is 0 Å². The summed E-state index contributed by atoms with van der Waals surface area (Å²) >= 11 is 6.84. The normalized spacial score (nSPS) is 11.8. The van der Waals surface area contributed by atoms with Crippen molar-refractivity contribution >= 4 is 34.9 Å². The molecule has 86 valence electrons. The zero-order valence-corrected chi connectivity index (χ0v) is 9.46. The van der Waals surface area contributed by atoms with Crippen molar-refractivity contribution in [1.29, 1.82) is 0 Å². The lowest BCUT2D eigenvalue weighted by atomic mass is 10.1. The number of carbonyl (C=O) groups is 2. The Kier molecular flexibility index (Phi) is 4.39. The first kappa shape index (κ1) is 12.6. The summed E-state index contributed by atoms with van der Waals surface area (Å²) in [5.74, 6) is -1.49. The second kappa shape index (κ2) is 5.57. The van der Waals surface area contributed by atoms with E-state index in [2.05, 4.69) is 4.74 Å². The second-order valence-corrected chi connectivity index (χ2v) is 4.51. The summed E-state index contributed by atoms with van der Waals surface area (Å²) in [7, 11) is 0. The summed E-state index contributed by atoms with van der Waals surface area (Å²) in [6.45, 7) is -0.323. The highest BCUT2D eigenvalue weighted by molar-refractivity contribution is 7.16. The number of carbonyl (C=O) groups excluding carboxylic acids is 2. The summed E-state index contributed by atoms with van der Waals surface area (Å²) in [5.41, 5.74) is 5.13. The van der Waals surface area contributed by atoms with Crippen molar-refractivity contribution in [3.63, 3.8) is 0 Å². The molecule has 0 spiro atoms. The van der Waals surface area contributed by atoms with Crippen LogP contribution in [-0.4, -0.2) is 18.6 Å². The van der Waals surface area contributed by atoms with Gasteiger partial charge in [0.1, 0.15) is 12.5 Å². The maximum Gasteiger partial charge on any atom is 0.470 e. The van der Waals surface area contributed by atoms with Crippen molar-refractivity contribution in [2.45, 2.75) is 5.92 Å². The van der Waals surface area contributed by atoms with Crippen LogP contribution in [0.15, 0.2) is 17.3 Å². The molecule has 0 saturated heterocycles. The average molecular weight is 263 g/mol. The molecular formula is C8H7ClN2O4S. The lowest BCUT2D eigenvalue weighted by molar-refractivity contribution is -0.120. The van der Waals surface area contributed by atoms with Gasteiger partial charge in [0.25, 0.3) is 0 Å². The van der Waals surface area contributed by atoms with Gasteiger partial charge in [-0.1, -0.05) is 11.6 Å². The molecule has 16 heavy (non-hydrogen) atoms. The van der Waals surface area contributed by atoms with Crippen molar-refractivity contribution in [2.75, 3.05) is 6.61 Å². The fourth-order valence-electron chi connectivity index (χ4n) is 1.00. The molecule has 1 aromatic rings. The highest BCUT2D eigenvalue weighted by Gasteiger charge is 2.22. The highest BCUT2D eigenvalue weighted by atomic mass is 35.5. The molecule has 0 bridgehead atoms. The number of nitrogens with zero attached hydrogens (tertiary/aromatic N) is 1. The van der Waals surface area contributed by atoms with Gasteiger partial charge >= 0.3 is 6.09 Å². The Bertz CT molecular complexity index is 420. The lowest BCUT2D eigenvalue weighted by Crippen LogP contribution is -2.25. The molecule has 2 amide bonds. The minimum Gasteiger partial charge on any atom is -0.445 e. The van der Waals surface area contributed by atoms with Crippen LogP contribution in [0, 0.1) is 4.91 Å². The van der Waals surface area contributed by atoms with Crippen molar-refractivity contribution in [3.8, 4) is 0 Å². The van der Waals surface area contributed by atoms with E-state index in [1.807, 2.05) is 5.18 Å². The third-order valence-electron chi connectivity index (χ3n) is 1.73. The molecular weight excluding hydrogens is 256 g/mol. The van der Waals surface area contributed by atoms with Crippen LogP contribution in [0.3, 0.4) is 0 Å². The molecule has 1 unspecified atom stereocenters. The van der Waals surface area contributed by atoms with Crippen LogP contribution in [0.1, 0.15) is 10.8 Å². The largest absolute Gasteiger partial charge is 0.470 e. The summed E-state index contributed by atoms with van der Waals surface area (Å²) < 4.78 is 4.91. The predicted octanol–water partition coefficient (Wildman–Crippen LogP) is 1.87. The maximum absolute atomic E-state index is 11.1. The standard InChI is InChI=1S/C8H7ClN2O4S/c9-6-2-1-5(16-6)4(7(10)12)3-15-8(13)11-14/h1-2,4H,3H2,(H2,10,12). The topological polar surface area (TPSA) is 98.8 Å². The molecule has 1 heterocycles. The van der Waals surface area contributed by atoms with Gasteiger partial charge in [-0.05, 0) is 12.1 Å². The number of nitroso groups, excluding NO2 is 1. The van der Waals surface area contributed by atoms with Gasteiger partial charge in [-0.25, -0.2) is 4.79 Å². The Morgan fingerprint density at radius 1 is 1.56 bits per heavy atom. The van der Waals surface area contributed by atoms with E-state index in [-0.39, 0.29) is 6.61 Å². The molecule has 0 radical (unpaired) electrons. The van der Waals surface area contributed by atoms with E-state index in [1.165, 1.54) is 0 Å². The number of halogens is 1. The van der Waals surface area contributed by atoms with Gasteiger partial charge in [-0.2, -0.15) is 0 Å². The quantitative estimate of drug-likeness (QED) is 0.837. The third-order valence-corrected chi connectivity index (χ3v) is 3.07.